The van der Waals surface area contributed by atoms with Gasteiger partial charge >= 0.3 is 0 Å². The van der Waals surface area contributed by atoms with E-state index in [2.05, 4.69) is 0 Å². The van der Waals surface area contributed by atoms with Crippen LogP contribution >= 0.6 is 0 Å². The van der Waals surface area contributed by atoms with E-state index in [0.29, 0.717) is 26.1 Å². The Morgan fingerprint density at radius 1 is 0.762 bits per heavy atom. The van der Waals surface area contributed by atoms with Crippen molar-refractivity contribution in [1.29, 1.82) is 0 Å². The molecule has 0 atom stereocenters. The number of benzene rings is 1. The molecule has 0 aliphatic carbocycles. The van der Waals surface area contributed by atoms with Gasteiger partial charge in [-0.25, -0.2) is 22.0 Å². The first-order valence-corrected chi connectivity index (χ1v) is 6.57. The third kappa shape index (κ3) is 3.11. The Bertz CT molecular complexity index is 497. The van der Waals surface area contributed by atoms with Gasteiger partial charge in [0.05, 0.1) is 6.61 Å². The summed E-state index contributed by atoms with van der Waals surface area (Å²) in [7, 11) is 0. The van der Waals surface area contributed by atoms with Crippen molar-refractivity contribution >= 4 is 5.69 Å². The van der Waals surface area contributed by atoms with Crippen LogP contribution < -0.4 is 4.90 Å². The highest BCUT2D eigenvalue weighted by atomic mass is 19.2. The van der Waals surface area contributed by atoms with E-state index in [0.717, 1.165) is 4.90 Å². The molecule has 0 amide bonds. The molecular formula is C13H15F5N2O. The van der Waals surface area contributed by atoms with Crippen LogP contribution in [0.3, 0.4) is 0 Å². The smallest absolute Gasteiger partial charge is 0.200 e. The van der Waals surface area contributed by atoms with Gasteiger partial charge in [-0.1, -0.05) is 0 Å². The molecule has 8 heteroatoms. The Morgan fingerprint density at radius 2 is 1.33 bits per heavy atom. The van der Waals surface area contributed by atoms with E-state index >= 15 is 0 Å². The molecular weight excluding hydrogens is 295 g/mol. The zero-order chi connectivity index (χ0) is 15.6. The van der Waals surface area contributed by atoms with E-state index in [4.69, 9.17) is 5.11 Å². The Balaban J connectivity index is 2.30. The van der Waals surface area contributed by atoms with Crippen LogP contribution in [0.1, 0.15) is 6.42 Å². The molecule has 2 rings (SSSR count). The van der Waals surface area contributed by atoms with Crippen LogP contribution in [0.4, 0.5) is 27.6 Å². The van der Waals surface area contributed by atoms with Crippen molar-refractivity contribution < 1.29 is 27.1 Å². The summed E-state index contributed by atoms with van der Waals surface area (Å²) in [5.74, 6) is -9.62. The molecule has 1 aliphatic heterocycles. The highest BCUT2D eigenvalue weighted by Crippen LogP contribution is 2.30. The molecule has 1 saturated heterocycles. The molecule has 1 fully saturated rings. The number of β-amino-alcohol motifs (C(OH)–C–C–N with tert-alkyl or cyclic N) is 1. The van der Waals surface area contributed by atoms with E-state index in [1.807, 2.05) is 4.90 Å². The second kappa shape index (κ2) is 6.57. The second-order valence-electron chi connectivity index (χ2n) is 4.82. The zero-order valence-electron chi connectivity index (χ0n) is 11.2. The van der Waals surface area contributed by atoms with Crippen LogP contribution in [0.15, 0.2) is 0 Å². The lowest BCUT2D eigenvalue weighted by atomic mass is 10.2. The lowest BCUT2D eigenvalue weighted by Gasteiger charge is -2.24. The van der Waals surface area contributed by atoms with Gasteiger partial charge in [-0.2, -0.15) is 0 Å². The van der Waals surface area contributed by atoms with Crippen molar-refractivity contribution in [2.24, 2.45) is 0 Å². The van der Waals surface area contributed by atoms with Crippen molar-refractivity contribution in [2.75, 3.05) is 44.2 Å². The van der Waals surface area contributed by atoms with Crippen LogP contribution in [-0.4, -0.2) is 49.3 Å². The highest BCUT2D eigenvalue weighted by Gasteiger charge is 2.29. The Hall–Kier alpha value is -1.41. The minimum absolute atomic E-state index is 0.0530. The second-order valence-corrected chi connectivity index (χ2v) is 4.82. The predicted molar refractivity (Wildman–Crippen MR) is 66.6 cm³/mol. The monoisotopic (exact) mass is 310 g/mol. The summed E-state index contributed by atoms with van der Waals surface area (Å²) in [5, 5.41) is 8.87. The van der Waals surface area contributed by atoms with E-state index in [1.165, 1.54) is 0 Å². The zero-order valence-corrected chi connectivity index (χ0v) is 11.2. The van der Waals surface area contributed by atoms with Crippen molar-refractivity contribution in [2.45, 2.75) is 6.42 Å². The van der Waals surface area contributed by atoms with E-state index in [-0.39, 0.29) is 19.7 Å². The van der Waals surface area contributed by atoms with E-state index in [1.54, 1.807) is 0 Å². The predicted octanol–water partition coefficient (Wildman–Crippen LogP) is 1.89. The largest absolute Gasteiger partial charge is 0.395 e. The lowest BCUT2D eigenvalue weighted by molar-refractivity contribution is 0.204. The van der Waals surface area contributed by atoms with Crippen LogP contribution in [0, 0.1) is 29.1 Å². The summed E-state index contributed by atoms with van der Waals surface area (Å²) in [6.07, 6.45) is 0.499. The summed E-state index contributed by atoms with van der Waals surface area (Å²) >= 11 is 0. The standard InChI is InChI=1S/C13H15F5N2O/c14-8-9(15)11(17)13(12(18)10(8)16)20-3-1-2-19(4-5-20)6-7-21/h21H,1-7H2. The van der Waals surface area contributed by atoms with E-state index < -0.39 is 34.8 Å². The van der Waals surface area contributed by atoms with Crippen LogP contribution in [0.25, 0.3) is 0 Å². The normalized spacial score (nSPS) is 17.1. The maximum atomic E-state index is 13.7. The summed E-state index contributed by atoms with van der Waals surface area (Å²) in [6, 6.07) is 0. The Morgan fingerprint density at radius 3 is 1.90 bits per heavy atom. The van der Waals surface area contributed by atoms with Gasteiger partial charge in [-0.15, -0.1) is 0 Å². The molecule has 0 aromatic heterocycles. The SMILES string of the molecule is OCCN1CCCN(c2c(F)c(F)c(F)c(F)c2F)CC1. The summed E-state index contributed by atoms with van der Waals surface area (Å²) < 4.78 is 67.0. The molecule has 0 bridgehead atoms. The van der Waals surface area contributed by atoms with Crippen molar-refractivity contribution in [1.82, 2.24) is 4.90 Å². The number of hydrogen-bond donors (Lipinski definition) is 1. The average Bonchev–Trinajstić information content (AvgIpc) is 2.70. The lowest BCUT2D eigenvalue weighted by Crippen LogP contribution is -2.33. The summed E-state index contributed by atoms with van der Waals surface area (Å²) in [6.45, 7) is 1.62. The summed E-state index contributed by atoms with van der Waals surface area (Å²) in [5.41, 5.74) is -0.878. The fraction of sp³-hybridized carbons (Fsp3) is 0.538. The third-order valence-electron chi connectivity index (χ3n) is 3.51. The van der Waals surface area contributed by atoms with Crippen LogP contribution in [0.2, 0.25) is 0 Å². The van der Waals surface area contributed by atoms with Crippen LogP contribution in [-0.2, 0) is 0 Å². The number of nitrogens with zero attached hydrogens (tertiary/aromatic N) is 2. The highest BCUT2D eigenvalue weighted by molar-refractivity contribution is 5.50. The maximum Gasteiger partial charge on any atom is 0.200 e. The minimum atomic E-state index is -2.15. The van der Waals surface area contributed by atoms with Crippen molar-refractivity contribution in [3.05, 3.63) is 29.1 Å². The molecule has 21 heavy (non-hydrogen) atoms. The number of aliphatic hydroxyl groups excluding tert-OH is 1. The number of rotatable bonds is 3. The molecule has 1 aromatic rings. The molecule has 0 saturated carbocycles. The van der Waals surface area contributed by atoms with Crippen LogP contribution in [0.5, 0.6) is 0 Å². The number of halogens is 5. The molecule has 1 N–H and O–H groups in total. The van der Waals surface area contributed by atoms with Gasteiger partial charge in [0.1, 0.15) is 5.69 Å². The Kier molecular flexibility index (Phi) is 5.00. The molecule has 1 aromatic carbocycles. The first kappa shape index (κ1) is 16.0. The number of aliphatic hydroxyl groups is 1. The van der Waals surface area contributed by atoms with Gasteiger partial charge in [0.15, 0.2) is 23.3 Å². The van der Waals surface area contributed by atoms with Gasteiger partial charge in [-0.3, -0.25) is 4.90 Å². The van der Waals surface area contributed by atoms with Gasteiger partial charge in [0, 0.05) is 26.2 Å². The first-order chi connectivity index (χ1) is 9.97. The topological polar surface area (TPSA) is 26.7 Å². The van der Waals surface area contributed by atoms with Gasteiger partial charge in [-0.05, 0) is 13.0 Å². The fourth-order valence-corrected chi connectivity index (χ4v) is 2.43. The third-order valence-corrected chi connectivity index (χ3v) is 3.51. The Labute approximate surface area is 118 Å². The molecule has 3 nitrogen and oxygen atoms in total. The molecule has 0 radical (unpaired) electrons. The first-order valence-electron chi connectivity index (χ1n) is 6.57. The quantitative estimate of drug-likeness (QED) is 0.525. The molecule has 0 spiro atoms. The fourth-order valence-electron chi connectivity index (χ4n) is 2.43. The molecule has 118 valence electrons. The summed E-state index contributed by atoms with van der Waals surface area (Å²) in [4.78, 5) is 3.03. The molecule has 0 unspecified atom stereocenters. The minimum Gasteiger partial charge on any atom is -0.395 e. The van der Waals surface area contributed by atoms with Gasteiger partial charge in [0.25, 0.3) is 0 Å². The molecule has 1 heterocycles. The van der Waals surface area contributed by atoms with Gasteiger partial charge < -0.3 is 10.0 Å². The average molecular weight is 310 g/mol. The van der Waals surface area contributed by atoms with Crippen molar-refractivity contribution in [3.63, 3.8) is 0 Å². The van der Waals surface area contributed by atoms with Crippen molar-refractivity contribution in [3.8, 4) is 0 Å². The maximum absolute atomic E-state index is 13.7. The van der Waals surface area contributed by atoms with E-state index in [9.17, 15) is 22.0 Å². The van der Waals surface area contributed by atoms with Gasteiger partial charge in [0.2, 0.25) is 5.82 Å². The number of hydrogen-bond acceptors (Lipinski definition) is 3. The molecule has 1 aliphatic rings. The number of anilines is 1.